The molecule has 0 atom stereocenters. The lowest BCUT2D eigenvalue weighted by atomic mass is 10.1. The van der Waals surface area contributed by atoms with Crippen LogP contribution in [0.5, 0.6) is 11.5 Å². The molecule has 0 fully saturated rings. The van der Waals surface area contributed by atoms with Gasteiger partial charge in [-0.15, -0.1) is 0 Å². The summed E-state index contributed by atoms with van der Waals surface area (Å²) in [5.41, 5.74) is 8.38. The van der Waals surface area contributed by atoms with Gasteiger partial charge in [0.1, 0.15) is 11.5 Å². The highest BCUT2D eigenvalue weighted by atomic mass is 35.5. The lowest BCUT2D eigenvalue weighted by molar-refractivity contribution is -0.114. The van der Waals surface area contributed by atoms with Gasteiger partial charge in [-0.3, -0.25) is 9.59 Å². The Hall–Kier alpha value is -3.55. The quantitative estimate of drug-likeness (QED) is 0.405. The van der Waals surface area contributed by atoms with E-state index < -0.39 is 0 Å². The third kappa shape index (κ3) is 4.39. The molecule has 1 amide bonds. The highest BCUT2D eigenvalue weighted by Crippen LogP contribution is 2.27. The molecule has 0 unspecified atom stereocenters. The molecule has 0 saturated heterocycles. The van der Waals surface area contributed by atoms with Crippen LogP contribution in [0.2, 0.25) is 0 Å². The van der Waals surface area contributed by atoms with E-state index in [2.05, 4.69) is 9.88 Å². The minimum Gasteiger partial charge on any atom is -1.00 e. The number of nitrogens with one attached hydrogen (secondary N) is 1. The van der Waals surface area contributed by atoms with Crippen molar-refractivity contribution in [2.24, 2.45) is 5.73 Å². The van der Waals surface area contributed by atoms with Crippen molar-refractivity contribution in [3.8, 4) is 11.5 Å². The second-order valence-electron chi connectivity index (χ2n) is 7.14. The predicted octanol–water partition coefficient (Wildman–Crippen LogP) is 0.121. The number of ether oxygens (including phenoxy) is 2. The maximum atomic E-state index is 13.2. The van der Waals surface area contributed by atoms with Crippen molar-refractivity contribution in [1.82, 2.24) is 4.57 Å². The summed E-state index contributed by atoms with van der Waals surface area (Å²) in [4.78, 5) is 24.9. The maximum Gasteiger partial charge on any atom is 0.238 e. The van der Waals surface area contributed by atoms with Gasteiger partial charge in [0.2, 0.25) is 5.91 Å². The zero-order valence-electron chi connectivity index (χ0n) is 17.7. The summed E-state index contributed by atoms with van der Waals surface area (Å²) in [6.45, 7) is 0.372. The predicted molar refractivity (Wildman–Crippen MR) is 122 cm³/mol. The largest absolute Gasteiger partial charge is 1.00 e. The monoisotopic (exact) mass is 452 g/mol. The standard InChI is InChI=1S/C24H23N3O4.ClH/c1-30-17-9-15(10-18(12-17)31-2)14-27-21-6-4-3-5-19(21)24(29)20-11-16(7-8-22(20)27)26-23(28)13-25;/h3-12H,13-14,25H2,1-2H3,(H,26,28);1H/p-1. The van der Waals surface area contributed by atoms with E-state index in [4.69, 9.17) is 15.2 Å². The van der Waals surface area contributed by atoms with Crippen molar-refractivity contribution in [3.63, 3.8) is 0 Å². The van der Waals surface area contributed by atoms with E-state index in [-0.39, 0.29) is 30.3 Å². The fraction of sp³-hybridized carbons (Fsp3) is 0.167. The summed E-state index contributed by atoms with van der Waals surface area (Å²) >= 11 is 0. The molecule has 0 radical (unpaired) electrons. The normalized spacial score (nSPS) is 10.6. The molecule has 8 heteroatoms. The minimum atomic E-state index is -0.316. The molecule has 4 aromatic rings. The number of nitrogens with two attached hydrogens (primary N) is 1. The Kier molecular flexibility index (Phi) is 7.02. The van der Waals surface area contributed by atoms with Crippen LogP contribution in [-0.2, 0) is 11.3 Å². The van der Waals surface area contributed by atoms with Crippen LogP contribution in [0.1, 0.15) is 5.56 Å². The second kappa shape index (κ2) is 9.72. The number of pyridine rings is 1. The van der Waals surface area contributed by atoms with Gasteiger partial charge >= 0.3 is 0 Å². The van der Waals surface area contributed by atoms with Crippen LogP contribution in [0.3, 0.4) is 0 Å². The number of hydrogen-bond donors (Lipinski definition) is 2. The molecule has 7 nitrogen and oxygen atoms in total. The van der Waals surface area contributed by atoms with Crippen LogP contribution in [0.15, 0.2) is 65.5 Å². The Bertz CT molecular complexity index is 1330. The van der Waals surface area contributed by atoms with Crippen LogP contribution in [0.4, 0.5) is 5.69 Å². The van der Waals surface area contributed by atoms with Crippen molar-refractivity contribution >= 4 is 33.4 Å². The number of hydrogen-bond acceptors (Lipinski definition) is 5. The fourth-order valence-corrected chi connectivity index (χ4v) is 3.73. The van der Waals surface area contributed by atoms with Gasteiger partial charge in [0.15, 0.2) is 5.43 Å². The van der Waals surface area contributed by atoms with E-state index in [1.165, 1.54) is 0 Å². The van der Waals surface area contributed by atoms with Gasteiger partial charge in [0, 0.05) is 29.1 Å². The van der Waals surface area contributed by atoms with Gasteiger partial charge in [-0.25, -0.2) is 0 Å². The molecule has 1 aromatic heterocycles. The number of para-hydroxylation sites is 1. The smallest absolute Gasteiger partial charge is 0.238 e. The zero-order valence-corrected chi connectivity index (χ0v) is 18.5. The second-order valence-corrected chi connectivity index (χ2v) is 7.14. The highest BCUT2D eigenvalue weighted by molar-refractivity contribution is 5.98. The number of aromatic nitrogens is 1. The molecular weight excluding hydrogens is 430 g/mol. The van der Waals surface area contributed by atoms with E-state index in [1.54, 1.807) is 26.4 Å². The van der Waals surface area contributed by atoms with Crippen molar-refractivity contribution in [2.75, 3.05) is 26.1 Å². The maximum absolute atomic E-state index is 13.2. The first-order valence-electron chi connectivity index (χ1n) is 9.81. The molecule has 3 N–H and O–H groups in total. The first-order chi connectivity index (χ1) is 15.0. The zero-order chi connectivity index (χ0) is 22.0. The third-order valence-electron chi connectivity index (χ3n) is 5.19. The number of carbonyl (C=O) groups is 1. The van der Waals surface area contributed by atoms with Gasteiger partial charge < -0.3 is 37.5 Å². The van der Waals surface area contributed by atoms with Crippen molar-refractivity contribution < 1.29 is 26.7 Å². The molecule has 1 heterocycles. The Balaban J connectivity index is 0.00000289. The van der Waals surface area contributed by atoms with E-state index in [1.807, 2.05) is 48.5 Å². The Morgan fingerprint density at radius 1 is 0.938 bits per heavy atom. The summed E-state index contributed by atoms with van der Waals surface area (Å²) in [6.07, 6.45) is 0. The lowest BCUT2D eigenvalue weighted by Gasteiger charge is -2.17. The van der Waals surface area contributed by atoms with Crippen LogP contribution in [0, 0.1) is 0 Å². The molecule has 4 rings (SSSR count). The number of carbonyl (C=O) groups excluding carboxylic acids is 1. The van der Waals surface area contributed by atoms with Crippen LogP contribution >= 0.6 is 0 Å². The first-order valence-corrected chi connectivity index (χ1v) is 9.81. The van der Waals surface area contributed by atoms with Gasteiger partial charge in [-0.2, -0.15) is 0 Å². The van der Waals surface area contributed by atoms with E-state index in [0.29, 0.717) is 34.5 Å². The number of methoxy groups -OCH3 is 2. The molecule has 166 valence electrons. The number of fused-ring (bicyclic) bond motifs is 2. The van der Waals surface area contributed by atoms with Crippen LogP contribution in [-0.4, -0.2) is 31.2 Å². The SMILES string of the molecule is COc1cc(Cn2c3ccccc3c(=O)c3cc(NC(=O)CN)ccc32)cc(OC)c1.[Cl-]. The number of nitrogens with zero attached hydrogens (tertiary/aromatic N) is 1. The van der Waals surface area contributed by atoms with Gasteiger partial charge in [0.05, 0.1) is 31.8 Å². The van der Waals surface area contributed by atoms with E-state index in [0.717, 1.165) is 16.6 Å². The Morgan fingerprint density at radius 2 is 1.59 bits per heavy atom. The van der Waals surface area contributed by atoms with Gasteiger partial charge in [0.25, 0.3) is 0 Å². The highest BCUT2D eigenvalue weighted by Gasteiger charge is 2.13. The van der Waals surface area contributed by atoms with E-state index >= 15 is 0 Å². The summed E-state index contributed by atoms with van der Waals surface area (Å²) in [6, 6.07) is 18.5. The topological polar surface area (TPSA) is 95.6 Å². The number of halogens is 1. The van der Waals surface area contributed by atoms with Crippen molar-refractivity contribution in [3.05, 3.63) is 76.5 Å². The van der Waals surface area contributed by atoms with E-state index in [9.17, 15) is 9.59 Å². The fourth-order valence-electron chi connectivity index (χ4n) is 3.73. The first kappa shape index (κ1) is 23.1. The van der Waals surface area contributed by atoms with Crippen LogP contribution in [0.25, 0.3) is 21.8 Å². The summed E-state index contributed by atoms with van der Waals surface area (Å²) in [7, 11) is 3.22. The summed E-state index contributed by atoms with van der Waals surface area (Å²) in [5, 5.41) is 3.83. The molecule has 3 aromatic carbocycles. The van der Waals surface area contributed by atoms with Gasteiger partial charge in [-0.05, 0) is 48.0 Å². The van der Waals surface area contributed by atoms with Gasteiger partial charge in [-0.1, -0.05) is 12.1 Å². The number of rotatable bonds is 6. The Labute approximate surface area is 191 Å². The molecule has 0 aliphatic rings. The molecule has 0 spiro atoms. The molecule has 0 aliphatic heterocycles. The van der Waals surface area contributed by atoms with Crippen LogP contribution < -0.4 is 38.4 Å². The number of anilines is 1. The summed E-state index contributed by atoms with van der Waals surface area (Å²) in [5.74, 6) is 1.07. The molecule has 0 bridgehead atoms. The Morgan fingerprint density at radius 3 is 2.25 bits per heavy atom. The number of benzene rings is 3. The number of amides is 1. The molecule has 0 saturated carbocycles. The van der Waals surface area contributed by atoms with Crippen molar-refractivity contribution in [2.45, 2.75) is 6.54 Å². The minimum absolute atomic E-state index is 0. The average molecular weight is 453 g/mol. The third-order valence-corrected chi connectivity index (χ3v) is 5.19. The average Bonchev–Trinajstić information content (AvgIpc) is 2.81. The lowest BCUT2D eigenvalue weighted by Crippen LogP contribution is -3.00. The summed E-state index contributed by atoms with van der Waals surface area (Å²) < 4.78 is 12.9. The molecule has 0 aliphatic carbocycles. The molecule has 32 heavy (non-hydrogen) atoms. The van der Waals surface area contributed by atoms with Crippen molar-refractivity contribution in [1.29, 1.82) is 0 Å². The molecular formula is C24H23ClN3O4-.